The fourth-order valence-electron chi connectivity index (χ4n) is 6.65. The average Bonchev–Trinajstić information content (AvgIpc) is 3.09. The third-order valence-corrected chi connectivity index (χ3v) is 9.99. The van der Waals surface area contributed by atoms with Crippen molar-refractivity contribution in [3.8, 4) is 0 Å². The summed E-state index contributed by atoms with van der Waals surface area (Å²) in [5.74, 6) is -0.323. The highest BCUT2D eigenvalue weighted by molar-refractivity contribution is 5.76. The molecule has 3 unspecified atom stereocenters. The molecule has 0 aliphatic rings. The molecular formula is C44H85NO4. The van der Waals surface area contributed by atoms with E-state index in [1.54, 1.807) is 6.08 Å². The van der Waals surface area contributed by atoms with Crippen LogP contribution in [0.4, 0.5) is 0 Å². The van der Waals surface area contributed by atoms with Crippen LogP contribution in [0.15, 0.2) is 24.3 Å². The molecule has 0 aromatic rings. The number of hydrogen-bond donors (Lipinski definition) is 4. The van der Waals surface area contributed by atoms with E-state index in [-0.39, 0.29) is 18.9 Å². The van der Waals surface area contributed by atoms with E-state index in [0.717, 1.165) is 32.1 Å². The average molecular weight is 692 g/mol. The van der Waals surface area contributed by atoms with Crippen molar-refractivity contribution in [1.29, 1.82) is 0 Å². The molecule has 0 aliphatic carbocycles. The summed E-state index contributed by atoms with van der Waals surface area (Å²) in [7, 11) is 0. The van der Waals surface area contributed by atoms with Gasteiger partial charge in [0.25, 0.3) is 0 Å². The summed E-state index contributed by atoms with van der Waals surface area (Å²) >= 11 is 0. The lowest BCUT2D eigenvalue weighted by molar-refractivity contribution is -0.124. The largest absolute Gasteiger partial charge is 0.394 e. The van der Waals surface area contributed by atoms with E-state index in [2.05, 4.69) is 31.3 Å². The molecule has 5 heteroatoms. The van der Waals surface area contributed by atoms with Crippen molar-refractivity contribution in [3.05, 3.63) is 24.3 Å². The Hall–Kier alpha value is -1.17. The highest BCUT2D eigenvalue weighted by Crippen LogP contribution is 2.16. The van der Waals surface area contributed by atoms with Gasteiger partial charge in [0.15, 0.2) is 0 Å². The zero-order chi connectivity index (χ0) is 35.9. The van der Waals surface area contributed by atoms with Crippen LogP contribution >= 0.6 is 0 Å². The zero-order valence-corrected chi connectivity index (χ0v) is 32.8. The molecule has 0 aliphatic heterocycles. The maximum Gasteiger partial charge on any atom is 0.222 e. The number of carbonyl (C=O) groups is 1. The molecule has 5 nitrogen and oxygen atoms in total. The van der Waals surface area contributed by atoms with Crippen LogP contribution in [0.5, 0.6) is 0 Å². The van der Waals surface area contributed by atoms with E-state index in [9.17, 15) is 20.1 Å². The van der Waals surface area contributed by atoms with E-state index in [1.165, 1.54) is 167 Å². The van der Waals surface area contributed by atoms with Crippen LogP contribution in [0.1, 0.15) is 226 Å². The smallest absolute Gasteiger partial charge is 0.222 e. The molecule has 0 saturated heterocycles. The summed E-state index contributed by atoms with van der Waals surface area (Å²) in [4.78, 5) is 12.4. The number of amides is 1. The molecule has 0 aromatic carbocycles. The van der Waals surface area contributed by atoms with Gasteiger partial charge in [-0.25, -0.2) is 0 Å². The lowest BCUT2D eigenvalue weighted by Gasteiger charge is -2.21. The first-order valence-electron chi connectivity index (χ1n) is 21.6. The molecule has 0 rings (SSSR count). The topological polar surface area (TPSA) is 89.8 Å². The molecule has 290 valence electrons. The van der Waals surface area contributed by atoms with Gasteiger partial charge >= 0.3 is 0 Å². The first-order valence-corrected chi connectivity index (χ1v) is 21.6. The van der Waals surface area contributed by atoms with Crippen LogP contribution in [-0.2, 0) is 4.79 Å². The number of allylic oxidation sites excluding steroid dienone is 3. The zero-order valence-electron chi connectivity index (χ0n) is 32.8. The summed E-state index contributed by atoms with van der Waals surface area (Å²) in [6.07, 6.45) is 47.5. The Balaban J connectivity index is 3.70. The Kier molecular flexibility index (Phi) is 38.7. The van der Waals surface area contributed by atoms with Gasteiger partial charge in [0, 0.05) is 0 Å². The van der Waals surface area contributed by atoms with Gasteiger partial charge in [-0.3, -0.25) is 4.79 Å². The summed E-state index contributed by atoms with van der Waals surface area (Å²) in [5.41, 5.74) is 0. The Morgan fingerprint density at radius 2 is 0.878 bits per heavy atom. The van der Waals surface area contributed by atoms with Gasteiger partial charge in [-0.1, -0.05) is 212 Å². The fraction of sp³-hybridized carbons (Fsp3) is 0.886. The maximum absolute atomic E-state index is 12.4. The van der Waals surface area contributed by atoms with Crippen molar-refractivity contribution in [2.45, 2.75) is 244 Å². The van der Waals surface area contributed by atoms with Crippen LogP contribution in [0.2, 0.25) is 0 Å². The van der Waals surface area contributed by atoms with Crippen LogP contribution in [0, 0.1) is 0 Å². The number of hydrogen-bond acceptors (Lipinski definition) is 4. The molecule has 0 spiro atoms. The highest BCUT2D eigenvalue weighted by atomic mass is 16.3. The van der Waals surface area contributed by atoms with Gasteiger partial charge in [0.05, 0.1) is 31.3 Å². The molecule has 4 N–H and O–H groups in total. The molecule has 0 saturated carbocycles. The summed E-state index contributed by atoms with van der Waals surface area (Å²) in [6, 6.07) is -0.757. The highest BCUT2D eigenvalue weighted by Gasteiger charge is 2.20. The molecule has 3 atom stereocenters. The minimum Gasteiger partial charge on any atom is -0.394 e. The molecule has 49 heavy (non-hydrogen) atoms. The lowest BCUT2D eigenvalue weighted by Crippen LogP contribution is -2.45. The SMILES string of the molecule is CCCCCCCCCCCCCCCC/C=C/CC/C=C/C(O)C(CO)NC(=O)CC(O)CCCCCCCCCCCCCCCC. The third kappa shape index (κ3) is 36.4. The minimum absolute atomic E-state index is 0.00941. The quantitative estimate of drug-likeness (QED) is 0.0381. The van der Waals surface area contributed by atoms with Crippen molar-refractivity contribution >= 4 is 5.91 Å². The second-order valence-electron chi connectivity index (χ2n) is 15.0. The van der Waals surface area contributed by atoms with Crippen LogP contribution < -0.4 is 5.32 Å². The van der Waals surface area contributed by atoms with Gasteiger partial charge in [0.2, 0.25) is 5.91 Å². The molecule has 0 heterocycles. The number of unbranched alkanes of at least 4 members (excludes halogenated alkanes) is 28. The van der Waals surface area contributed by atoms with E-state index in [4.69, 9.17) is 0 Å². The molecule has 0 aromatic heterocycles. The van der Waals surface area contributed by atoms with E-state index in [1.807, 2.05) is 6.08 Å². The standard InChI is InChI=1S/C44H85NO4/c1-3-5-7-9-11-13-15-17-19-20-21-22-23-24-26-28-30-32-34-36-38-43(48)42(40-46)45-44(49)39-41(47)37-35-33-31-29-27-25-18-16-14-12-10-8-6-4-2/h28,30,36,38,41-43,46-48H,3-27,29,31-35,37,39-40H2,1-2H3,(H,45,49)/b30-28+,38-36+. The van der Waals surface area contributed by atoms with E-state index in [0.29, 0.717) is 6.42 Å². The Bertz CT molecular complexity index is 724. The van der Waals surface area contributed by atoms with E-state index < -0.39 is 18.2 Å². The van der Waals surface area contributed by atoms with Gasteiger partial charge in [-0.05, 0) is 32.1 Å². The second kappa shape index (κ2) is 39.6. The first-order chi connectivity index (χ1) is 24.0. The second-order valence-corrected chi connectivity index (χ2v) is 15.0. The Morgan fingerprint density at radius 3 is 1.31 bits per heavy atom. The monoisotopic (exact) mass is 692 g/mol. The number of aliphatic hydroxyl groups is 3. The van der Waals surface area contributed by atoms with Crippen molar-refractivity contribution < 1.29 is 20.1 Å². The minimum atomic E-state index is -0.948. The van der Waals surface area contributed by atoms with Crippen molar-refractivity contribution in [2.75, 3.05) is 6.61 Å². The maximum atomic E-state index is 12.4. The third-order valence-electron chi connectivity index (χ3n) is 9.99. The number of rotatable bonds is 39. The van der Waals surface area contributed by atoms with Gasteiger partial charge in [-0.15, -0.1) is 0 Å². The van der Waals surface area contributed by atoms with Crippen LogP contribution in [0.3, 0.4) is 0 Å². The summed E-state index contributed by atoms with van der Waals surface area (Å²) < 4.78 is 0. The number of nitrogens with one attached hydrogen (secondary N) is 1. The fourth-order valence-corrected chi connectivity index (χ4v) is 6.65. The van der Waals surface area contributed by atoms with Crippen molar-refractivity contribution in [1.82, 2.24) is 5.32 Å². The van der Waals surface area contributed by atoms with Crippen LogP contribution in [0.25, 0.3) is 0 Å². The van der Waals surface area contributed by atoms with Gasteiger partial charge in [0.1, 0.15) is 0 Å². The molecule has 0 fully saturated rings. The molecular weight excluding hydrogens is 606 g/mol. The van der Waals surface area contributed by atoms with Crippen molar-refractivity contribution in [3.63, 3.8) is 0 Å². The predicted octanol–water partition coefficient (Wildman–Crippen LogP) is 12.2. The van der Waals surface area contributed by atoms with Gasteiger partial charge in [-0.2, -0.15) is 0 Å². The number of carbonyl (C=O) groups excluding carboxylic acids is 1. The Labute approximate surface area is 305 Å². The normalized spacial score (nSPS) is 13.8. The summed E-state index contributed by atoms with van der Waals surface area (Å²) in [6.45, 7) is 4.21. The summed E-state index contributed by atoms with van der Waals surface area (Å²) in [5, 5.41) is 33.2. The molecule has 0 radical (unpaired) electrons. The predicted molar refractivity (Wildman–Crippen MR) is 213 cm³/mol. The first kappa shape index (κ1) is 47.8. The van der Waals surface area contributed by atoms with E-state index >= 15 is 0 Å². The lowest BCUT2D eigenvalue weighted by atomic mass is 10.0. The van der Waals surface area contributed by atoms with Crippen LogP contribution in [-0.4, -0.2) is 46.1 Å². The van der Waals surface area contributed by atoms with Crippen molar-refractivity contribution in [2.24, 2.45) is 0 Å². The Morgan fingerprint density at radius 1 is 0.510 bits per heavy atom. The molecule has 1 amide bonds. The molecule has 0 bridgehead atoms. The number of aliphatic hydroxyl groups excluding tert-OH is 3. The van der Waals surface area contributed by atoms with Gasteiger partial charge < -0.3 is 20.6 Å².